The Labute approximate surface area is 198 Å². The van der Waals surface area contributed by atoms with Crippen LogP contribution in [0.2, 0.25) is 0 Å². The summed E-state index contributed by atoms with van der Waals surface area (Å²) in [4.78, 5) is 29.6. The molecule has 2 heterocycles. The molecule has 8 nitrogen and oxygen atoms in total. The number of hydrogen-bond acceptors (Lipinski definition) is 6. The Hall–Kier alpha value is -3.94. The van der Waals surface area contributed by atoms with Crippen LogP contribution in [0, 0.1) is 17.0 Å². The van der Waals surface area contributed by atoms with Gasteiger partial charge in [-0.25, -0.2) is 9.78 Å². The van der Waals surface area contributed by atoms with E-state index in [9.17, 15) is 14.9 Å². The van der Waals surface area contributed by atoms with Crippen LogP contribution in [0.25, 0.3) is 11.3 Å². The zero-order chi connectivity index (χ0) is 24.5. The molecule has 0 radical (unpaired) electrons. The molecule has 0 saturated carbocycles. The number of carbonyl (C=O) groups is 1. The van der Waals surface area contributed by atoms with E-state index in [1.807, 2.05) is 76.2 Å². The summed E-state index contributed by atoms with van der Waals surface area (Å²) >= 11 is 0. The van der Waals surface area contributed by atoms with Crippen LogP contribution in [-0.4, -0.2) is 39.6 Å². The monoisotopic (exact) mass is 460 g/mol. The topological polar surface area (TPSA) is 97.6 Å². The van der Waals surface area contributed by atoms with Gasteiger partial charge in [0.25, 0.3) is 0 Å². The van der Waals surface area contributed by atoms with E-state index < -0.39 is 10.5 Å². The van der Waals surface area contributed by atoms with E-state index in [0.29, 0.717) is 18.8 Å². The molecule has 4 rings (SSSR count). The first kappa shape index (κ1) is 23.2. The molecule has 1 aromatic heterocycles. The van der Waals surface area contributed by atoms with Crippen LogP contribution in [0.3, 0.4) is 0 Å². The van der Waals surface area contributed by atoms with E-state index in [4.69, 9.17) is 4.74 Å². The average molecular weight is 461 g/mol. The van der Waals surface area contributed by atoms with Crippen molar-refractivity contribution >= 4 is 23.3 Å². The van der Waals surface area contributed by atoms with Crippen molar-refractivity contribution in [1.82, 2.24) is 9.88 Å². The van der Waals surface area contributed by atoms with Crippen molar-refractivity contribution in [2.45, 2.75) is 39.2 Å². The van der Waals surface area contributed by atoms with Crippen LogP contribution in [0.5, 0.6) is 0 Å². The van der Waals surface area contributed by atoms with E-state index in [1.54, 1.807) is 11.0 Å². The molecular weight excluding hydrogens is 432 g/mol. The smallest absolute Gasteiger partial charge is 0.410 e. The van der Waals surface area contributed by atoms with Gasteiger partial charge < -0.3 is 15.0 Å². The number of likely N-dealkylation sites (tertiary alicyclic amines) is 1. The first-order chi connectivity index (χ1) is 16.1. The minimum Gasteiger partial charge on any atom is -0.444 e. The van der Waals surface area contributed by atoms with E-state index in [1.165, 1.54) is 6.07 Å². The predicted octanol–water partition coefficient (Wildman–Crippen LogP) is 6.04. The van der Waals surface area contributed by atoms with Crippen LogP contribution in [-0.2, 0) is 4.74 Å². The van der Waals surface area contributed by atoms with Gasteiger partial charge in [-0.2, -0.15) is 0 Å². The number of carbonyl (C=O) groups excluding carboxylic acids is 1. The number of aromatic nitrogens is 1. The highest BCUT2D eigenvalue weighted by Crippen LogP contribution is 2.33. The van der Waals surface area contributed by atoms with Crippen molar-refractivity contribution in [3.63, 3.8) is 0 Å². The van der Waals surface area contributed by atoms with Crippen LogP contribution in [0.4, 0.5) is 22.0 Å². The highest BCUT2D eigenvalue weighted by Gasteiger charge is 2.34. The van der Waals surface area contributed by atoms with Gasteiger partial charge in [-0.3, -0.25) is 10.1 Å². The number of aryl methyl sites for hydroxylation is 1. The molecule has 3 aromatic rings. The molecule has 0 bridgehead atoms. The fourth-order valence-electron chi connectivity index (χ4n) is 3.83. The van der Waals surface area contributed by atoms with Crippen molar-refractivity contribution in [3.8, 4) is 11.3 Å². The molecule has 1 fully saturated rings. The van der Waals surface area contributed by atoms with Crippen molar-refractivity contribution in [2.24, 2.45) is 0 Å². The molecule has 176 valence electrons. The number of ether oxygens (including phenoxy) is 1. The van der Waals surface area contributed by atoms with E-state index in [2.05, 4.69) is 10.3 Å². The normalized spacial score (nSPS) is 13.8. The van der Waals surface area contributed by atoms with Gasteiger partial charge in [-0.05, 0) is 51.0 Å². The molecule has 0 unspecified atom stereocenters. The molecular formula is C26H28N4O4. The van der Waals surface area contributed by atoms with E-state index >= 15 is 0 Å². The summed E-state index contributed by atoms with van der Waals surface area (Å²) in [5.74, 6) is 0.427. The predicted molar refractivity (Wildman–Crippen MR) is 131 cm³/mol. The third kappa shape index (κ3) is 5.17. The number of rotatable bonds is 5. The Morgan fingerprint density at radius 2 is 1.82 bits per heavy atom. The number of amides is 1. The lowest BCUT2D eigenvalue weighted by Crippen LogP contribution is -2.50. The molecule has 0 aliphatic carbocycles. The molecule has 1 N–H and O–H groups in total. The second-order valence-electron chi connectivity index (χ2n) is 9.47. The summed E-state index contributed by atoms with van der Waals surface area (Å²) in [7, 11) is 0. The van der Waals surface area contributed by atoms with Crippen molar-refractivity contribution in [3.05, 3.63) is 81.9 Å². The fourth-order valence-corrected chi connectivity index (χ4v) is 3.83. The van der Waals surface area contributed by atoms with Gasteiger partial charge in [0.1, 0.15) is 5.60 Å². The summed E-state index contributed by atoms with van der Waals surface area (Å²) in [5.41, 5.74) is 3.73. The van der Waals surface area contributed by atoms with Gasteiger partial charge in [0, 0.05) is 36.3 Å². The molecule has 1 aliphatic heterocycles. The summed E-state index contributed by atoms with van der Waals surface area (Å²) < 4.78 is 5.42. The minimum atomic E-state index is -0.513. The maximum atomic E-state index is 12.2. The highest BCUT2D eigenvalue weighted by molar-refractivity contribution is 5.72. The zero-order valence-electron chi connectivity index (χ0n) is 19.7. The number of nitro groups is 1. The lowest BCUT2D eigenvalue weighted by atomic mass is 9.90. The number of pyridine rings is 1. The molecule has 0 atom stereocenters. The Bertz CT molecular complexity index is 1220. The van der Waals surface area contributed by atoms with Crippen molar-refractivity contribution < 1.29 is 14.5 Å². The maximum Gasteiger partial charge on any atom is 0.410 e. The Balaban J connectivity index is 1.50. The van der Waals surface area contributed by atoms with Gasteiger partial charge in [0.05, 0.1) is 10.6 Å². The molecule has 2 aromatic carbocycles. The van der Waals surface area contributed by atoms with Gasteiger partial charge >= 0.3 is 11.8 Å². The maximum absolute atomic E-state index is 12.2. The van der Waals surface area contributed by atoms with Gasteiger partial charge in [-0.1, -0.05) is 42.5 Å². The SMILES string of the molecule is Cc1cc(C2CN(C(=O)OC(C)(C)C)C2)ccc1Nc1nc(-c2ccccc2)ccc1[N+](=O)[O-]. The molecule has 1 saturated heterocycles. The van der Waals surface area contributed by atoms with Crippen LogP contribution in [0.15, 0.2) is 60.7 Å². The molecule has 1 aliphatic rings. The van der Waals surface area contributed by atoms with Gasteiger partial charge in [-0.15, -0.1) is 0 Å². The molecule has 0 spiro atoms. The summed E-state index contributed by atoms with van der Waals surface area (Å²) in [6.07, 6.45) is -0.296. The van der Waals surface area contributed by atoms with Crippen LogP contribution in [0.1, 0.15) is 37.8 Å². The molecule has 8 heteroatoms. The largest absolute Gasteiger partial charge is 0.444 e. The van der Waals surface area contributed by atoms with Crippen LogP contribution >= 0.6 is 0 Å². The Kier molecular flexibility index (Phi) is 6.24. The number of benzene rings is 2. The second-order valence-corrected chi connectivity index (χ2v) is 9.47. The Morgan fingerprint density at radius 3 is 2.44 bits per heavy atom. The number of nitrogens with zero attached hydrogens (tertiary/aromatic N) is 3. The second kappa shape index (κ2) is 9.13. The third-order valence-electron chi connectivity index (χ3n) is 5.65. The molecule has 34 heavy (non-hydrogen) atoms. The van der Waals surface area contributed by atoms with Crippen LogP contribution < -0.4 is 5.32 Å². The summed E-state index contributed by atoms with van der Waals surface area (Å²) in [6, 6.07) is 18.6. The summed E-state index contributed by atoms with van der Waals surface area (Å²) in [6.45, 7) is 8.72. The minimum absolute atomic E-state index is 0.0878. The van der Waals surface area contributed by atoms with Crippen molar-refractivity contribution in [2.75, 3.05) is 18.4 Å². The van der Waals surface area contributed by atoms with Crippen molar-refractivity contribution in [1.29, 1.82) is 0 Å². The summed E-state index contributed by atoms with van der Waals surface area (Å²) in [5, 5.41) is 14.7. The number of anilines is 2. The average Bonchev–Trinajstić information content (AvgIpc) is 2.73. The molecule has 1 amide bonds. The Morgan fingerprint density at radius 1 is 1.12 bits per heavy atom. The highest BCUT2D eigenvalue weighted by atomic mass is 16.6. The zero-order valence-corrected chi connectivity index (χ0v) is 19.7. The lowest BCUT2D eigenvalue weighted by Gasteiger charge is -2.40. The standard InChI is InChI=1S/C26H28N4O4/c1-17-14-19(20-15-29(16-20)25(31)34-26(2,3)4)10-11-21(17)27-24-23(30(32)33)13-12-22(28-24)18-8-6-5-7-9-18/h5-14,20H,15-16H2,1-4H3,(H,27,28). The fraction of sp³-hybridized carbons (Fsp3) is 0.308. The third-order valence-corrected chi connectivity index (χ3v) is 5.65. The lowest BCUT2D eigenvalue weighted by molar-refractivity contribution is -0.384. The first-order valence-corrected chi connectivity index (χ1v) is 11.2. The van der Waals surface area contributed by atoms with Gasteiger partial charge in [0.15, 0.2) is 0 Å². The van der Waals surface area contributed by atoms with E-state index in [0.717, 1.165) is 22.4 Å². The number of nitrogens with one attached hydrogen (secondary N) is 1. The number of hydrogen-bond donors (Lipinski definition) is 1. The van der Waals surface area contributed by atoms with E-state index in [-0.39, 0.29) is 23.5 Å². The first-order valence-electron chi connectivity index (χ1n) is 11.2. The quantitative estimate of drug-likeness (QED) is 0.368. The van der Waals surface area contributed by atoms with Gasteiger partial charge in [0.2, 0.25) is 5.82 Å².